The Labute approximate surface area is 180 Å². The predicted molar refractivity (Wildman–Crippen MR) is 112 cm³/mol. The molecule has 8 heteroatoms. The third kappa shape index (κ3) is 3.83. The highest BCUT2D eigenvalue weighted by Gasteiger charge is 2.48. The Morgan fingerprint density at radius 1 is 1.32 bits per heavy atom. The molecule has 4 rings (SSSR count). The molecule has 1 fully saturated rings. The van der Waals surface area contributed by atoms with Gasteiger partial charge in [-0.3, -0.25) is 4.79 Å². The quantitative estimate of drug-likeness (QED) is 0.684. The summed E-state index contributed by atoms with van der Waals surface area (Å²) in [4.78, 5) is 19.5. The van der Waals surface area contributed by atoms with Crippen LogP contribution >= 0.6 is 0 Å². The van der Waals surface area contributed by atoms with Crippen LogP contribution in [0.5, 0.6) is 0 Å². The molecule has 0 bridgehead atoms. The number of hydrogen-bond donors (Lipinski definition) is 2. The number of alkyl halides is 3. The number of rotatable bonds is 4. The van der Waals surface area contributed by atoms with Crippen LogP contribution in [0.2, 0.25) is 0 Å². The highest BCUT2D eigenvalue weighted by molar-refractivity contribution is 5.81. The topological polar surface area (TPSA) is 67.0 Å². The molecule has 1 aromatic heterocycles. The number of imidazole rings is 1. The van der Waals surface area contributed by atoms with E-state index in [0.717, 1.165) is 48.3 Å². The normalized spacial score (nSPS) is 28.0. The van der Waals surface area contributed by atoms with E-state index < -0.39 is 17.5 Å². The first-order valence-electron chi connectivity index (χ1n) is 10.9. The summed E-state index contributed by atoms with van der Waals surface area (Å²) in [6.45, 7) is 9.30. The molecule has 0 saturated carbocycles. The van der Waals surface area contributed by atoms with Crippen molar-refractivity contribution in [1.82, 2.24) is 15.3 Å². The van der Waals surface area contributed by atoms with E-state index in [2.05, 4.69) is 50.1 Å². The number of hydrogen-bond acceptors (Lipinski definition) is 3. The van der Waals surface area contributed by atoms with E-state index in [1.807, 2.05) is 0 Å². The standard InChI is InChI=1S/C23H30F3N3O2/c1-13-12-21(2,3)22(4,7-8-27-20(30)23(24,25)26)15-11-17-16(10-14(13)15)28-19(29-17)18-6-5-9-31-18/h10-11,13,18H,5-9,12H2,1-4H3,(H,27,30)(H,28,29). The van der Waals surface area contributed by atoms with Gasteiger partial charge < -0.3 is 15.0 Å². The molecule has 1 aliphatic carbocycles. The van der Waals surface area contributed by atoms with Gasteiger partial charge in [0, 0.05) is 13.2 Å². The summed E-state index contributed by atoms with van der Waals surface area (Å²) < 4.78 is 43.6. The van der Waals surface area contributed by atoms with Crippen molar-refractivity contribution in [2.24, 2.45) is 5.41 Å². The minimum absolute atomic E-state index is 0.0118. The van der Waals surface area contributed by atoms with Gasteiger partial charge in [-0.1, -0.05) is 27.7 Å². The maximum Gasteiger partial charge on any atom is 0.471 e. The first-order valence-corrected chi connectivity index (χ1v) is 10.9. The first kappa shape index (κ1) is 22.1. The van der Waals surface area contributed by atoms with E-state index in [1.165, 1.54) is 5.56 Å². The fourth-order valence-corrected chi connectivity index (χ4v) is 5.39. The van der Waals surface area contributed by atoms with Crippen LogP contribution in [-0.2, 0) is 14.9 Å². The highest BCUT2D eigenvalue weighted by atomic mass is 19.4. The summed E-state index contributed by atoms with van der Waals surface area (Å²) in [5, 5.41) is 2.05. The minimum atomic E-state index is -4.87. The number of nitrogens with zero attached hydrogens (tertiary/aromatic N) is 1. The molecule has 170 valence electrons. The number of aromatic nitrogens is 2. The van der Waals surface area contributed by atoms with E-state index in [9.17, 15) is 18.0 Å². The number of nitrogens with one attached hydrogen (secondary N) is 2. The van der Waals surface area contributed by atoms with Gasteiger partial charge in [0.05, 0.1) is 11.0 Å². The van der Waals surface area contributed by atoms with Crippen molar-refractivity contribution < 1.29 is 22.7 Å². The summed E-state index contributed by atoms with van der Waals surface area (Å²) in [6.07, 6.45) is -1.60. The number of carbonyl (C=O) groups excluding carboxylic acids is 1. The van der Waals surface area contributed by atoms with Crippen LogP contribution in [0.4, 0.5) is 13.2 Å². The van der Waals surface area contributed by atoms with Gasteiger partial charge >= 0.3 is 12.1 Å². The van der Waals surface area contributed by atoms with E-state index in [4.69, 9.17) is 9.72 Å². The van der Waals surface area contributed by atoms with Crippen LogP contribution < -0.4 is 5.32 Å². The summed E-state index contributed by atoms with van der Waals surface area (Å²) >= 11 is 0. The van der Waals surface area contributed by atoms with Gasteiger partial charge in [0.15, 0.2) is 0 Å². The highest BCUT2D eigenvalue weighted by Crippen LogP contribution is 2.55. The monoisotopic (exact) mass is 437 g/mol. The second-order valence-electron chi connectivity index (χ2n) is 9.91. The lowest BCUT2D eigenvalue weighted by Crippen LogP contribution is -2.47. The first-order chi connectivity index (χ1) is 14.4. The summed E-state index contributed by atoms with van der Waals surface area (Å²) in [7, 11) is 0. The molecule has 3 unspecified atom stereocenters. The summed E-state index contributed by atoms with van der Waals surface area (Å²) in [6, 6.07) is 4.23. The van der Waals surface area contributed by atoms with Crippen molar-refractivity contribution in [3.8, 4) is 0 Å². The van der Waals surface area contributed by atoms with Crippen LogP contribution in [-0.4, -0.2) is 35.2 Å². The molecule has 2 heterocycles. The Hall–Kier alpha value is -2.09. The van der Waals surface area contributed by atoms with E-state index >= 15 is 0 Å². The Morgan fingerprint density at radius 2 is 2.06 bits per heavy atom. The van der Waals surface area contributed by atoms with Crippen molar-refractivity contribution >= 4 is 16.9 Å². The average molecular weight is 438 g/mol. The number of ether oxygens (including phenoxy) is 1. The molecular weight excluding hydrogens is 407 g/mol. The predicted octanol–water partition coefficient (Wildman–Crippen LogP) is 5.27. The van der Waals surface area contributed by atoms with Crippen molar-refractivity contribution in [1.29, 1.82) is 0 Å². The number of halogens is 3. The fourth-order valence-electron chi connectivity index (χ4n) is 5.39. The lowest BCUT2D eigenvalue weighted by molar-refractivity contribution is -0.173. The molecule has 1 aromatic carbocycles. The third-order valence-corrected chi connectivity index (χ3v) is 7.51. The molecule has 3 atom stereocenters. The number of carbonyl (C=O) groups is 1. The number of benzene rings is 1. The SMILES string of the molecule is CC1CC(C)(C)C(C)(CCNC(=O)C(F)(F)F)c2cc3nc(C4CCCO4)[nH]c3cc21. The molecule has 2 aliphatic rings. The van der Waals surface area contributed by atoms with Crippen LogP contribution in [0.15, 0.2) is 12.1 Å². The van der Waals surface area contributed by atoms with Gasteiger partial charge in [-0.2, -0.15) is 13.2 Å². The Balaban J connectivity index is 1.69. The van der Waals surface area contributed by atoms with Gasteiger partial charge in [0.25, 0.3) is 0 Å². The Morgan fingerprint density at radius 3 is 2.71 bits per heavy atom. The number of amides is 1. The van der Waals surface area contributed by atoms with Crippen LogP contribution in [0.3, 0.4) is 0 Å². The maximum atomic E-state index is 12.6. The minimum Gasteiger partial charge on any atom is -0.370 e. The van der Waals surface area contributed by atoms with Gasteiger partial charge in [0.2, 0.25) is 0 Å². The Bertz CT molecular complexity index is 992. The van der Waals surface area contributed by atoms with Gasteiger partial charge in [-0.15, -0.1) is 0 Å². The zero-order valence-corrected chi connectivity index (χ0v) is 18.4. The van der Waals surface area contributed by atoms with Crippen molar-refractivity contribution in [3.63, 3.8) is 0 Å². The van der Waals surface area contributed by atoms with E-state index in [-0.39, 0.29) is 18.1 Å². The lowest BCUT2D eigenvalue weighted by atomic mass is 9.53. The van der Waals surface area contributed by atoms with Gasteiger partial charge in [-0.25, -0.2) is 4.98 Å². The smallest absolute Gasteiger partial charge is 0.370 e. The van der Waals surface area contributed by atoms with E-state index in [1.54, 1.807) is 0 Å². The molecule has 0 spiro atoms. The number of fused-ring (bicyclic) bond motifs is 2. The summed E-state index contributed by atoms with van der Waals surface area (Å²) in [5.41, 5.74) is 3.53. The van der Waals surface area contributed by atoms with Gasteiger partial charge in [0.1, 0.15) is 11.9 Å². The molecule has 1 aliphatic heterocycles. The lowest BCUT2D eigenvalue weighted by Gasteiger charge is -2.51. The Kier molecular flexibility index (Phi) is 5.35. The van der Waals surface area contributed by atoms with Crippen molar-refractivity contribution in [3.05, 3.63) is 29.1 Å². The zero-order valence-electron chi connectivity index (χ0n) is 18.4. The molecule has 2 aromatic rings. The van der Waals surface area contributed by atoms with Crippen LogP contribution in [0.25, 0.3) is 11.0 Å². The number of H-pyrrole nitrogens is 1. The molecular formula is C23H30F3N3O2. The molecule has 1 amide bonds. The molecule has 5 nitrogen and oxygen atoms in total. The van der Waals surface area contributed by atoms with Crippen molar-refractivity contribution in [2.45, 2.75) is 77.0 Å². The third-order valence-electron chi connectivity index (χ3n) is 7.51. The molecule has 31 heavy (non-hydrogen) atoms. The van der Waals surface area contributed by atoms with Crippen molar-refractivity contribution in [2.75, 3.05) is 13.2 Å². The fraction of sp³-hybridized carbons (Fsp3) is 0.652. The second-order valence-corrected chi connectivity index (χ2v) is 9.91. The summed E-state index contributed by atoms with van der Waals surface area (Å²) in [5.74, 6) is -0.745. The largest absolute Gasteiger partial charge is 0.471 e. The van der Waals surface area contributed by atoms with Crippen LogP contribution in [0, 0.1) is 5.41 Å². The zero-order chi connectivity index (χ0) is 22.6. The van der Waals surface area contributed by atoms with Crippen LogP contribution in [0.1, 0.15) is 82.4 Å². The average Bonchev–Trinajstić information content (AvgIpc) is 3.33. The molecule has 1 saturated heterocycles. The van der Waals surface area contributed by atoms with Gasteiger partial charge in [-0.05, 0) is 65.7 Å². The maximum absolute atomic E-state index is 12.6. The number of aromatic amines is 1. The van der Waals surface area contributed by atoms with E-state index in [0.29, 0.717) is 12.3 Å². The second kappa shape index (κ2) is 7.50. The molecule has 0 radical (unpaired) electrons. The molecule has 2 N–H and O–H groups in total.